The largest absolute Gasteiger partial charge is 0.376 e. The van der Waals surface area contributed by atoms with E-state index in [-0.39, 0.29) is 30.3 Å². The smallest absolute Gasteiger partial charge is 0.253 e. The van der Waals surface area contributed by atoms with Crippen molar-refractivity contribution in [1.82, 2.24) is 10.6 Å². The van der Waals surface area contributed by atoms with Gasteiger partial charge in [0.2, 0.25) is 5.91 Å². The summed E-state index contributed by atoms with van der Waals surface area (Å²) >= 11 is 6.28. The molecule has 0 unspecified atom stereocenters. The summed E-state index contributed by atoms with van der Waals surface area (Å²) in [5.41, 5.74) is 2.97. The third-order valence-electron chi connectivity index (χ3n) is 6.31. The normalized spacial score (nSPS) is 13.4. The molecule has 0 aromatic heterocycles. The number of rotatable bonds is 9. The van der Waals surface area contributed by atoms with E-state index in [2.05, 4.69) is 21.3 Å². The molecule has 7 nitrogen and oxygen atoms in total. The van der Waals surface area contributed by atoms with Gasteiger partial charge in [-0.2, -0.15) is 0 Å². The van der Waals surface area contributed by atoms with E-state index in [0.717, 1.165) is 31.2 Å². The summed E-state index contributed by atoms with van der Waals surface area (Å²) in [4.78, 5) is 37.8. The topological polar surface area (TPSA) is 99.3 Å². The minimum atomic E-state index is -0.287. The Morgan fingerprint density at radius 3 is 2.38 bits per heavy atom. The number of halogens is 1. The van der Waals surface area contributed by atoms with Crippen LogP contribution in [-0.2, 0) is 11.3 Å². The zero-order chi connectivity index (χ0) is 26.0. The molecule has 0 atom stereocenters. The molecule has 192 valence electrons. The second kappa shape index (κ2) is 12.9. The molecular formula is C29H31ClN4O3. The lowest BCUT2D eigenvalue weighted by Gasteiger charge is -2.23. The molecule has 0 heterocycles. The van der Waals surface area contributed by atoms with Crippen LogP contribution in [0.5, 0.6) is 0 Å². The van der Waals surface area contributed by atoms with Crippen LogP contribution < -0.4 is 21.3 Å². The lowest BCUT2D eigenvalue weighted by Crippen LogP contribution is -2.36. The van der Waals surface area contributed by atoms with Crippen LogP contribution >= 0.6 is 11.6 Å². The van der Waals surface area contributed by atoms with Gasteiger partial charge in [-0.25, -0.2) is 0 Å². The van der Waals surface area contributed by atoms with Gasteiger partial charge in [-0.1, -0.05) is 67.3 Å². The maximum absolute atomic E-state index is 12.7. The van der Waals surface area contributed by atoms with Crippen molar-refractivity contribution in [2.75, 3.05) is 17.2 Å². The number of hydrogen-bond acceptors (Lipinski definition) is 4. The summed E-state index contributed by atoms with van der Waals surface area (Å²) in [7, 11) is 0. The Kier molecular flexibility index (Phi) is 9.16. The maximum atomic E-state index is 12.7. The second-order valence-corrected chi connectivity index (χ2v) is 9.56. The Morgan fingerprint density at radius 1 is 0.811 bits per heavy atom. The standard InChI is InChI=1S/C29H31ClN4O3/c30-26-15-14-23(17-25(26)29(37)34-22-11-5-2-6-12-22)31-19-27(35)33-24-13-7-10-21(16-24)28(36)32-18-20-8-3-1-4-9-20/h1,3-4,7-10,13-17,22,31H,2,5-6,11-12,18-19H2,(H,32,36)(H,33,35)(H,34,37). The predicted octanol–water partition coefficient (Wildman–Crippen LogP) is 5.38. The Balaban J connectivity index is 1.29. The highest BCUT2D eigenvalue weighted by Gasteiger charge is 2.19. The molecule has 0 spiro atoms. The van der Waals surface area contributed by atoms with Crippen molar-refractivity contribution in [2.24, 2.45) is 0 Å². The van der Waals surface area contributed by atoms with E-state index >= 15 is 0 Å². The average molecular weight is 519 g/mol. The lowest BCUT2D eigenvalue weighted by atomic mass is 9.95. The quantitative estimate of drug-likeness (QED) is 0.305. The highest BCUT2D eigenvalue weighted by Crippen LogP contribution is 2.23. The fraction of sp³-hybridized carbons (Fsp3) is 0.276. The Hall–Kier alpha value is -3.84. The number of carbonyl (C=O) groups excluding carboxylic acids is 3. The van der Waals surface area contributed by atoms with E-state index in [4.69, 9.17) is 11.6 Å². The van der Waals surface area contributed by atoms with E-state index in [1.54, 1.807) is 42.5 Å². The molecule has 4 rings (SSSR count). The Bertz CT molecular complexity index is 1240. The molecule has 0 aliphatic heterocycles. The molecule has 1 aliphatic carbocycles. The van der Waals surface area contributed by atoms with Gasteiger partial charge >= 0.3 is 0 Å². The Morgan fingerprint density at radius 2 is 1.59 bits per heavy atom. The van der Waals surface area contributed by atoms with Crippen molar-refractivity contribution >= 4 is 40.7 Å². The molecule has 3 aromatic rings. The molecule has 1 saturated carbocycles. The first kappa shape index (κ1) is 26.2. The van der Waals surface area contributed by atoms with Gasteiger partial charge in [-0.15, -0.1) is 0 Å². The third-order valence-corrected chi connectivity index (χ3v) is 6.64. The predicted molar refractivity (Wildman–Crippen MR) is 147 cm³/mol. The number of hydrogen-bond donors (Lipinski definition) is 4. The maximum Gasteiger partial charge on any atom is 0.253 e. The van der Waals surface area contributed by atoms with Crippen LogP contribution in [0.4, 0.5) is 11.4 Å². The first-order chi connectivity index (χ1) is 18.0. The molecule has 1 fully saturated rings. The van der Waals surface area contributed by atoms with Crippen LogP contribution in [0.1, 0.15) is 58.4 Å². The summed E-state index contributed by atoms with van der Waals surface area (Å²) in [5.74, 6) is -0.712. The minimum Gasteiger partial charge on any atom is -0.376 e. The molecule has 0 bridgehead atoms. The summed E-state index contributed by atoms with van der Waals surface area (Å²) in [5, 5.41) is 12.2. The SMILES string of the molecule is O=C(CNc1ccc(Cl)c(C(=O)NC2CCCCC2)c1)Nc1cccc(C(=O)NCc2ccccc2)c1. The van der Waals surface area contributed by atoms with Crippen molar-refractivity contribution in [3.05, 3.63) is 94.5 Å². The highest BCUT2D eigenvalue weighted by molar-refractivity contribution is 6.34. The zero-order valence-corrected chi connectivity index (χ0v) is 21.3. The third kappa shape index (κ3) is 7.82. The molecule has 1 aliphatic rings. The number of anilines is 2. The van der Waals surface area contributed by atoms with Gasteiger partial charge < -0.3 is 21.3 Å². The average Bonchev–Trinajstić information content (AvgIpc) is 2.92. The number of benzene rings is 3. The number of nitrogens with one attached hydrogen (secondary N) is 4. The number of carbonyl (C=O) groups is 3. The fourth-order valence-electron chi connectivity index (χ4n) is 4.33. The molecular weight excluding hydrogens is 488 g/mol. The Labute approximate surface area is 222 Å². The van der Waals surface area contributed by atoms with E-state index in [0.29, 0.717) is 34.1 Å². The van der Waals surface area contributed by atoms with Gasteiger partial charge in [0.05, 0.1) is 17.1 Å². The van der Waals surface area contributed by atoms with Gasteiger partial charge in [0, 0.05) is 29.5 Å². The fourth-order valence-corrected chi connectivity index (χ4v) is 4.53. The van der Waals surface area contributed by atoms with Crippen molar-refractivity contribution in [3.63, 3.8) is 0 Å². The summed E-state index contributed by atoms with van der Waals surface area (Å²) in [6.07, 6.45) is 5.42. The van der Waals surface area contributed by atoms with E-state index in [9.17, 15) is 14.4 Å². The van der Waals surface area contributed by atoms with E-state index in [1.807, 2.05) is 30.3 Å². The molecule has 3 amide bonds. The van der Waals surface area contributed by atoms with Gasteiger partial charge in [0.25, 0.3) is 11.8 Å². The van der Waals surface area contributed by atoms with Gasteiger partial charge in [-0.3, -0.25) is 14.4 Å². The van der Waals surface area contributed by atoms with Crippen LogP contribution in [0, 0.1) is 0 Å². The molecule has 37 heavy (non-hydrogen) atoms. The van der Waals surface area contributed by atoms with Gasteiger partial charge in [0.15, 0.2) is 0 Å². The lowest BCUT2D eigenvalue weighted by molar-refractivity contribution is -0.114. The molecule has 3 aromatic carbocycles. The molecule has 4 N–H and O–H groups in total. The summed E-state index contributed by atoms with van der Waals surface area (Å²) < 4.78 is 0. The van der Waals surface area contributed by atoms with Crippen LogP contribution in [0.3, 0.4) is 0 Å². The summed E-state index contributed by atoms with van der Waals surface area (Å²) in [6, 6.07) is 21.6. The van der Waals surface area contributed by atoms with Gasteiger partial charge in [0.1, 0.15) is 0 Å². The number of amides is 3. The highest BCUT2D eigenvalue weighted by atomic mass is 35.5. The van der Waals surface area contributed by atoms with Crippen molar-refractivity contribution in [3.8, 4) is 0 Å². The zero-order valence-electron chi connectivity index (χ0n) is 20.6. The van der Waals surface area contributed by atoms with Crippen LogP contribution in [-0.4, -0.2) is 30.3 Å². The molecule has 0 radical (unpaired) electrons. The minimum absolute atomic E-state index is 0.0181. The van der Waals surface area contributed by atoms with E-state index in [1.165, 1.54) is 6.42 Å². The van der Waals surface area contributed by atoms with E-state index < -0.39 is 0 Å². The summed E-state index contributed by atoms with van der Waals surface area (Å²) in [6.45, 7) is 0.400. The van der Waals surface area contributed by atoms with Crippen LogP contribution in [0.15, 0.2) is 72.8 Å². The van der Waals surface area contributed by atoms with Crippen molar-refractivity contribution < 1.29 is 14.4 Å². The second-order valence-electron chi connectivity index (χ2n) is 9.15. The van der Waals surface area contributed by atoms with Crippen LogP contribution in [0.2, 0.25) is 5.02 Å². The molecule has 8 heteroatoms. The van der Waals surface area contributed by atoms with Crippen LogP contribution in [0.25, 0.3) is 0 Å². The first-order valence-corrected chi connectivity index (χ1v) is 12.9. The van der Waals surface area contributed by atoms with Crippen molar-refractivity contribution in [1.29, 1.82) is 0 Å². The van der Waals surface area contributed by atoms with Gasteiger partial charge in [-0.05, 0) is 54.8 Å². The monoisotopic (exact) mass is 518 g/mol. The van der Waals surface area contributed by atoms with Crippen molar-refractivity contribution in [2.45, 2.75) is 44.7 Å². The molecule has 0 saturated heterocycles. The first-order valence-electron chi connectivity index (χ1n) is 12.5.